The molecule has 3 fully saturated rings. The molecule has 3 rings (SSSR count). The van der Waals surface area contributed by atoms with Crippen LogP contribution < -0.4 is 0 Å². The van der Waals surface area contributed by atoms with Gasteiger partial charge in [-0.2, -0.15) is 0 Å². The summed E-state index contributed by atoms with van der Waals surface area (Å²) in [4.78, 5) is 5.21. The van der Waals surface area contributed by atoms with Gasteiger partial charge in [-0.1, -0.05) is 20.3 Å². The summed E-state index contributed by atoms with van der Waals surface area (Å²) in [5.41, 5.74) is 0.108. The van der Waals surface area contributed by atoms with Crippen LogP contribution in [0.1, 0.15) is 46.0 Å². The highest BCUT2D eigenvalue weighted by molar-refractivity contribution is 4.96. The summed E-state index contributed by atoms with van der Waals surface area (Å²) in [7, 11) is 0. The molecular weight excluding hydrogens is 224 g/mol. The summed E-state index contributed by atoms with van der Waals surface area (Å²) in [6.07, 6.45) is 6.33. The van der Waals surface area contributed by atoms with Crippen molar-refractivity contribution in [1.29, 1.82) is 0 Å². The molecule has 2 unspecified atom stereocenters. The van der Waals surface area contributed by atoms with Crippen molar-refractivity contribution < 1.29 is 5.11 Å². The number of hydrogen-bond donors (Lipinski definition) is 1. The fraction of sp³-hybridized carbons (Fsp3) is 1.00. The maximum Gasteiger partial charge on any atom is 0.0746 e. The van der Waals surface area contributed by atoms with Crippen molar-refractivity contribution >= 4 is 0 Å². The van der Waals surface area contributed by atoms with Gasteiger partial charge < -0.3 is 5.11 Å². The number of hydrogen-bond acceptors (Lipinski definition) is 3. The monoisotopic (exact) mass is 252 g/mol. The van der Waals surface area contributed by atoms with Crippen molar-refractivity contribution in [2.75, 3.05) is 26.2 Å². The van der Waals surface area contributed by atoms with E-state index in [-0.39, 0.29) is 11.5 Å². The molecule has 1 saturated heterocycles. The van der Waals surface area contributed by atoms with Gasteiger partial charge in [0.15, 0.2) is 0 Å². The van der Waals surface area contributed by atoms with Crippen LogP contribution in [-0.4, -0.2) is 59.3 Å². The van der Waals surface area contributed by atoms with E-state index < -0.39 is 0 Å². The zero-order valence-corrected chi connectivity index (χ0v) is 11.9. The first kappa shape index (κ1) is 12.9. The van der Waals surface area contributed by atoms with Crippen LogP contribution in [-0.2, 0) is 0 Å². The molecule has 0 aromatic carbocycles. The predicted octanol–water partition coefficient (Wildman–Crippen LogP) is 1.71. The van der Waals surface area contributed by atoms with E-state index in [4.69, 9.17) is 0 Å². The maximum absolute atomic E-state index is 10.6. The third-order valence-electron chi connectivity index (χ3n) is 5.37. The lowest BCUT2D eigenvalue weighted by Crippen LogP contribution is -2.58. The number of aliphatic hydroxyl groups is 1. The molecule has 3 aliphatic rings. The summed E-state index contributed by atoms with van der Waals surface area (Å²) >= 11 is 0. The Bertz CT molecular complexity index is 293. The minimum atomic E-state index is -0.140. The Morgan fingerprint density at radius 3 is 2.17 bits per heavy atom. The van der Waals surface area contributed by atoms with Crippen LogP contribution in [0.5, 0.6) is 0 Å². The Morgan fingerprint density at radius 2 is 1.56 bits per heavy atom. The Balaban J connectivity index is 1.58. The van der Waals surface area contributed by atoms with E-state index in [0.717, 1.165) is 19.1 Å². The molecule has 3 nitrogen and oxygen atoms in total. The molecule has 1 aliphatic heterocycles. The quantitative estimate of drug-likeness (QED) is 0.810. The minimum absolute atomic E-state index is 0.108. The van der Waals surface area contributed by atoms with E-state index in [2.05, 4.69) is 23.6 Å². The highest BCUT2D eigenvalue weighted by Crippen LogP contribution is 2.38. The van der Waals surface area contributed by atoms with Crippen molar-refractivity contribution in [3.05, 3.63) is 0 Å². The van der Waals surface area contributed by atoms with Gasteiger partial charge in [-0.15, -0.1) is 0 Å². The summed E-state index contributed by atoms with van der Waals surface area (Å²) in [5, 5.41) is 10.6. The number of aliphatic hydroxyl groups excluding tert-OH is 1. The number of rotatable bonds is 2. The molecule has 0 aromatic rings. The molecule has 1 heterocycles. The summed E-state index contributed by atoms with van der Waals surface area (Å²) in [5.74, 6) is 0. The van der Waals surface area contributed by atoms with Gasteiger partial charge in [0, 0.05) is 38.3 Å². The van der Waals surface area contributed by atoms with Gasteiger partial charge in [-0.3, -0.25) is 9.80 Å². The second-order valence-corrected chi connectivity index (χ2v) is 7.20. The van der Waals surface area contributed by atoms with E-state index in [0.29, 0.717) is 6.04 Å². The lowest BCUT2D eigenvalue weighted by atomic mass is 9.72. The standard InChI is InChI=1S/C15H28N2O/c1-15(2)7-3-4-13(14(15)18)17-10-8-16(9-11-17)12-5-6-12/h12-14,18H,3-11H2,1-2H3. The van der Waals surface area contributed by atoms with Gasteiger partial charge >= 0.3 is 0 Å². The maximum atomic E-state index is 10.6. The number of nitrogens with zero attached hydrogens (tertiary/aromatic N) is 2. The Kier molecular flexibility index (Phi) is 3.41. The average Bonchev–Trinajstić information content (AvgIpc) is 3.17. The van der Waals surface area contributed by atoms with Crippen LogP contribution in [0.25, 0.3) is 0 Å². The van der Waals surface area contributed by atoms with Crippen molar-refractivity contribution in [1.82, 2.24) is 9.80 Å². The van der Waals surface area contributed by atoms with Crippen LogP contribution in [0.15, 0.2) is 0 Å². The molecule has 0 spiro atoms. The lowest BCUT2D eigenvalue weighted by molar-refractivity contribution is -0.0680. The van der Waals surface area contributed by atoms with Gasteiger partial charge in [0.1, 0.15) is 0 Å². The SMILES string of the molecule is CC1(C)CCCC(N2CCN(C3CC3)CC2)C1O. The Morgan fingerprint density at radius 1 is 0.944 bits per heavy atom. The molecular formula is C15H28N2O. The summed E-state index contributed by atoms with van der Waals surface area (Å²) in [6, 6.07) is 1.31. The van der Waals surface area contributed by atoms with Crippen molar-refractivity contribution in [2.24, 2.45) is 5.41 Å². The van der Waals surface area contributed by atoms with Crippen LogP contribution >= 0.6 is 0 Å². The van der Waals surface area contributed by atoms with Gasteiger partial charge in [0.2, 0.25) is 0 Å². The van der Waals surface area contributed by atoms with E-state index in [9.17, 15) is 5.11 Å². The molecule has 2 aliphatic carbocycles. The van der Waals surface area contributed by atoms with E-state index in [1.54, 1.807) is 0 Å². The molecule has 2 saturated carbocycles. The molecule has 0 aromatic heterocycles. The van der Waals surface area contributed by atoms with Crippen molar-refractivity contribution in [3.8, 4) is 0 Å². The van der Waals surface area contributed by atoms with Crippen LogP contribution in [0, 0.1) is 5.41 Å². The van der Waals surface area contributed by atoms with Crippen molar-refractivity contribution in [2.45, 2.75) is 64.1 Å². The highest BCUT2D eigenvalue weighted by Gasteiger charge is 2.41. The fourth-order valence-electron chi connectivity index (χ4n) is 3.85. The first-order valence-electron chi connectivity index (χ1n) is 7.74. The van der Waals surface area contributed by atoms with Gasteiger partial charge in [-0.05, 0) is 31.1 Å². The first-order chi connectivity index (χ1) is 8.58. The molecule has 0 radical (unpaired) electrons. The van der Waals surface area contributed by atoms with Crippen molar-refractivity contribution in [3.63, 3.8) is 0 Å². The summed E-state index contributed by atoms with van der Waals surface area (Å²) in [6.45, 7) is 9.21. The van der Waals surface area contributed by atoms with E-state index in [1.165, 1.54) is 45.2 Å². The molecule has 18 heavy (non-hydrogen) atoms. The molecule has 104 valence electrons. The third-order valence-corrected chi connectivity index (χ3v) is 5.37. The lowest BCUT2D eigenvalue weighted by Gasteiger charge is -2.48. The molecule has 0 amide bonds. The average molecular weight is 252 g/mol. The van der Waals surface area contributed by atoms with Gasteiger partial charge in [-0.25, -0.2) is 0 Å². The predicted molar refractivity (Wildman–Crippen MR) is 73.6 cm³/mol. The van der Waals surface area contributed by atoms with Gasteiger partial charge in [0.25, 0.3) is 0 Å². The Hall–Kier alpha value is -0.120. The van der Waals surface area contributed by atoms with Gasteiger partial charge in [0.05, 0.1) is 6.10 Å². The normalized spacial score (nSPS) is 38.8. The molecule has 0 bridgehead atoms. The van der Waals surface area contributed by atoms with Crippen LogP contribution in [0.2, 0.25) is 0 Å². The van der Waals surface area contributed by atoms with E-state index in [1.807, 2.05) is 0 Å². The largest absolute Gasteiger partial charge is 0.391 e. The topological polar surface area (TPSA) is 26.7 Å². The molecule has 3 heteroatoms. The highest BCUT2D eigenvalue weighted by atomic mass is 16.3. The second-order valence-electron chi connectivity index (χ2n) is 7.20. The minimum Gasteiger partial charge on any atom is -0.391 e. The third kappa shape index (κ3) is 2.45. The smallest absolute Gasteiger partial charge is 0.0746 e. The fourth-order valence-corrected chi connectivity index (χ4v) is 3.85. The Labute approximate surface area is 111 Å². The molecule has 1 N–H and O–H groups in total. The van der Waals surface area contributed by atoms with E-state index >= 15 is 0 Å². The molecule has 2 atom stereocenters. The number of piperazine rings is 1. The van der Waals surface area contributed by atoms with Crippen LogP contribution in [0.4, 0.5) is 0 Å². The first-order valence-corrected chi connectivity index (χ1v) is 7.74. The second kappa shape index (κ2) is 4.77. The zero-order valence-electron chi connectivity index (χ0n) is 11.9. The zero-order chi connectivity index (χ0) is 12.8. The van der Waals surface area contributed by atoms with Crippen LogP contribution in [0.3, 0.4) is 0 Å². The summed E-state index contributed by atoms with van der Waals surface area (Å²) < 4.78 is 0.